The molecule has 0 saturated carbocycles. The molecule has 1 aliphatic heterocycles. The molecule has 0 radical (unpaired) electrons. The number of aromatic nitrogens is 3. The Hall–Kier alpha value is -2.18. The van der Waals surface area contributed by atoms with Gasteiger partial charge in [-0.2, -0.15) is 0 Å². The van der Waals surface area contributed by atoms with Gasteiger partial charge in [0, 0.05) is 13.1 Å². The molecule has 6 heteroatoms. The Kier molecular flexibility index (Phi) is 5.04. The molecule has 3 aromatic rings. The standard InChI is InChI=1S/C20H24N4OS/c1-16-9-11-22(12-10-16)15-24-20(26)23(14-17-6-3-2-4-7-17)19(21-24)18-8-5-13-25-18/h2-8,13,16H,9-12,14-15H2,1H3. The smallest absolute Gasteiger partial charge is 0.199 e. The van der Waals surface area contributed by atoms with Crippen LogP contribution in [0.25, 0.3) is 11.6 Å². The van der Waals surface area contributed by atoms with Crippen molar-refractivity contribution in [2.75, 3.05) is 13.1 Å². The van der Waals surface area contributed by atoms with E-state index >= 15 is 0 Å². The number of likely N-dealkylation sites (tertiary alicyclic amines) is 1. The molecule has 0 bridgehead atoms. The third-order valence-electron chi connectivity index (χ3n) is 5.06. The summed E-state index contributed by atoms with van der Waals surface area (Å²) in [5.41, 5.74) is 1.20. The van der Waals surface area contributed by atoms with Crippen LogP contribution in [0.5, 0.6) is 0 Å². The maximum Gasteiger partial charge on any atom is 0.199 e. The second kappa shape index (κ2) is 7.60. The third-order valence-corrected chi connectivity index (χ3v) is 5.49. The second-order valence-corrected chi connectivity index (χ2v) is 7.46. The summed E-state index contributed by atoms with van der Waals surface area (Å²) < 4.78 is 10.4. The van der Waals surface area contributed by atoms with E-state index < -0.39 is 0 Å². The molecule has 0 N–H and O–H groups in total. The van der Waals surface area contributed by atoms with Crippen LogP contribution < -0.4 is 0 Å². The maximum absolute atomic E-state index is 5.77. The van der Waals surface area contributed by atoms with Crippen LogP contribution in [0.15, 0.2) is 53.1 Å². The van der Waals surface area contributed by atoms with Gasteiger partial charge in [0.25, 0.3) is 0 Å². The third kappa shape index (κ3) is 3.66. The van der Waals surface area contributed by atoms with Gasteiger partial charge in [-0.05, 0) is 48.7 Å². The van der Waals surface area contributed by atoms with Crippen LogP contribution >= 0.6 is 12.2 Å². The molecule has 0 aliphatic carbocycles. The van der Waals surface area contributed by atoms with Gasteiger partial charge >= 0.3 is 0 Å². The van der Waals surface area contributed by atoms with Crippen LogP contribution in [-0.4, -0.2) is 32.3 Å². The molecular weight excluding hydrogens is 344 g/mol. The van der Waals surface area contributed by atoms with E-state index in [0.717, 1.165) is 42.0 Å². The first kappa shape index (κ1) is 17.2. The van der Waals surface area contributed by atoms with Gasteiger partial charge in [-0.1, -0.05) is 37.3 Å². The first-order valence-corrected chi connectivity index (χ1v) is 9.59. The number of rotatable bonds is 5. The number of benzene rings is 1. The number of hydrogen-bond donors (Lipinski definition) is 0. The fourth-order valence-corrected chi connectivity index (χ4v) is 3.67. The molecule has 26 heavy (non-hydrogen) atoms. The lowest BCUT2D eigenvalue weighted by atomic mass is 10.00. The SMILES string of the molecule is CC1CCN(Cn2nc(-c3ccco3)n(Cc3ccccc3)c2=S)CC1. The quantitative estimate of drug-likeness (QED) is 0.625. The number of nitrogens with zero attached hydrogens (tertiary/aromatic N) is 4. The van der Waals surface area contributed by atoms with E-state index in [1.807, 2.05) is 35.0 Å². The zero-order valence-corrected chi connectivity index (χ0v) is 15.9. The zero-order valence-electron chi connectivity index (χ0n) is 15.0. The van der Waals surface area contributed by atoms with E-state index in [4.69, 9.17) is 21.7 Å². The maximum atomic E-state index is 5.77. The summed E-state index contributed by atoms with van der Waals surface area (Å²) in [6, 6.07) is 14.2. The highest BCUT2D eigenvalue weighted by Gasteiger charge is 2.20. The fraction of sp³-hybridized carbons (Fsp3) is 0.400. The van der Waals surface area contributed by atoms with E-state index in [2.05, 4.69) is 28.5 Å². The Balaban J connectivity index is 1.65. The van der Waals surface area contributed by atoms with Crippen molar-refractivity contribution in [1.82, 2.24) is 19.2 Å². The van der Waals surface area contributed by atoms with Gasteiger partial charge in [0.2, 0.25) is 0 Å². The van der Waals surface area contributed by atoms with E-state index in [1.54, 1.807) is 6.26 Å². The number of piperidine rings is 1. The summed E-state index contributed by atoms with van der Waals surface area (Å²) in [6.07, 6.45) is 4.16. The van der Waals surface area contributed by atoms with E-state index in [0.29, 0.717) is 6.54 Å². The van der Waals surface area contributed by atoms with Crippen molar-refractivity contribution in [3.8, 4) is 11.6 Å². The van der Waals surface area contributed by atoms with E-state index in [1.165, 1.54) is 18.4 Å². The summed E-state index contributed by atoms with van der Waals surface area (Å²) in [4.78, 5) is 2.43. The van der Waals surface area contributed by atoms with Crippen LogP contribution in [0.3, 0.4) is 0 Å². The molecule has 5 nitrogen and oxygen atoms in total. The van der Waals surface area contributed by atoms with Gasteiger partial charge in [-0.3, -0.25) is 9.47 Å². The summed E-state index contributed by atoms with van der Waals surface area (Å²) in [6.45, 7) is 5.95. The van der Waals surface area contributed by atoms with Crippen molar-refractivity contribution in [3.05, 3.63) is 59.1 Å². The molecule has 0 spiro atoms. The Morgan fingerprint density at radius 2 is 1.88 bits per heavy atom. The van der Waals surface area contributed by atoms with Crippen molar-refractivity contribution in [2.45, 2.75) is 33.0 Å². The highest BCUT2D eigenvalue weighted by atomic mass is 32.1. The summed E-state index contributed by atoms with van der Waals surface area (Å²) in [5.74, 6) is 2.35. The van der Waals surface area contributed by atoms with Crippen LogP contribution in [0.4, 0.5) is 0 Å². The predicted molar refractivity (Wildman–Crippen MR) is 104 cm³/mol. The first-order valence-electron chi connectivity index (χ1n) is 9.18. The molecule has 136 valence electrons. The van der Waals surface area contributed by atoms with Crippen LogP contribution in [0.2, 0.25) is 0 Å². The van der Waals surface area contributed by atoms with Crippen LogP contribution in [-0.2, 0) is 13.2 Å². The Morgan fingerprint density at radius 1 is 1.12 bits per heavy atom. The van der Waals surface area contributed by atoms with E-state index in [-0.39, 0.29) is 0 Å². The summed E-state index contributed by atoms with van der Waals surface area (Å²) >= 11 is 5.77. The molecule has 0 amide bonds. The highest BCUT2D eigenvalue weighted by Crippen LogP contribution is 2.22. The number of hydrogen-bond acceptors (Lipinski definition) is 4. The topological polar surface area (TPSA) is 39.1 Å². The lowest BCUT2D eigenvalue weighted by molar-refractivity contribution is 0.146. The predicted octanol–water partition coefficient (Wildman–Crippen LogP) is 4.41. The minimum atomic E-state index is 0.687. The van der Waals surface area contributed by atoms with Crippen molar-refractivity contribution in [2.24, 2.45) is 5.92 Å². The second-order valence-electron chi connectivity index (χ2n) is 7.10. The largest absolute Gasteiger partial charge is 0.461 e. The van der Waals surface area contributed by atoms with Gasteiger partial charge in [0.05, 0.1) is 19.5 Å². The molecule has 1 fully saturated rings. The van der Waals surface area contributed by atoms with Crippen molar-refractivity contribution < 1.29 is 4.42 Å². The van der Waals surface area contributed by atoms with Crippen molar-refractivity contribution >= 4 is 12.2 Å². The monoisotopic (exact) mass is 368 g/mol. The molecule has 4 rings (SSSR count). The Bertz CT molecular complexity index is 890. The molecular formula is C20H24N4OS. The normalized spacial score (nSPS) is 16.2. The van der Waals surface area contributed by atoms with Gasteiger partial charge in [0.1, 0.15) is 0 Å². The van der Waals surface area contributed by atoms with Crippen LogP contribution in [0, 0.1) is 10.7 Å². The summed E-state index contributed by atoms with van der Waals surface area (Å²) in [5, 5.41) is 4.80. The Labute approximate surface area is 158 Å². The minimum Gasteiger partial charge on any atom is -0.461 e. The number of furan rings is 1. The molecule has 1 aromatic carbocycles. The lowest BCUT2D eigenvalue weighted by Gasteiger charge is -2.29. The van der Waals surface area contributed by atoms with Gasteiger partial charge in [0.15, 0.2) is 16.4 Å². The fourth-order valence-electron chi connectivity index (χ4n) is 3.42. The molecule has 1 aliphatic rings. The van der Waals surface area contributed by atoms with Crippen molar-refractivity contribution in [1.29, 1.82) is 0 Å². The van der Waals surface area contributed by atoms with Crippen molar-refractivity contribution in [3.63, 3.8) is 0 Å². The Morgan fingerprint density at radius 3 is 2.58 bits per heavy atom. The molecule has 0 unspecified atom stereocenters. The minimum absolute atomic E-state index is 0.687. The highest BCUT2D eigenvalue weighted by molar-refractivity contribution is 7.71. The van der Waals surface area contributed by atoms with Gasteiger partial charge in [-0.15, -0.1) is 5.10 Å². The molecule has 2 aromatic heterocycles. The lowest BCUT2D eigenvalue weighted by Crippen LogP contribution is -2.34. The average Bonchev–Trinajstić information content (AvgIpc) is 3.28. The van der Waals surface area contributed by atoms with Crippen LogP contribution in [0.1, 0.15) is 25.3 Å². The molecule has 3 heterocycles. The summed E-state index contributed by atoms with van der Waals surface area (Å²) in [7, 11) is 0. The average molecular weight is 369 g/mol. The van der Waals surface area contributed by atoms with Gasteiger partial charge < -0.3 is 4.42 Å². The molecule has 0 atom stereocenters. The first-order chi connectivity index (χ1) is 12.7. The zero-order chi connectivity index (χ0) is 17.9. The molecule has 1 saturated heterocycles. The van der Waals surface area contributed by atoms with E-state index in [9.17, 15) is 0 Å². The van der Waals surface area contributed by atoms with Gasteiger partial charge in [-0.25, -0.2) is 4.68 Å².